The zero-order valence-electron chi connectivity index (χ0n) is 12.4. The van der Waals surface area contributed by atoms with Crippen molar-refractivity contribution in [3.8, 4) is 0 Å². The molecule has 3 rings (SSSR count). The third-order valence-corrected chi connectivity index (χ3v) is 3.93. The van der Waals surface area contributed by atoms with Crippen molar-refractivity contribution in [1.29, 1.82) is 0 Å². The lowest BCUT2D eigenvalue weighted by molar-refractivity contribution is -0.130. The molecule has 1 aliphatic heterocycles. The Morgan fingerprint density at radius 2 is 2.29 bits per heavy atom. The molecule has 1 fully saturated rings. The molecule has 1 unspecified atom stereocenters. The van der Waals surface area contributed by atoms with Crippen LogP contribution in [0.25, 0.3) is 0 Å². The highest BCUT2D eigenvalue weighted by atomic mass is 16.2. The molecule has 1 atom stereocenters. The van der Waals surface area contributed by atoms with Gasteiger partial charge in [-0.05, 0) is 26.3 Å². The van der Waals surface area contributed by atoms with Crippen LogP contribution in [0.3, 0.4) is 0 Å². The molecular formula is C14H20N6O. The molecule has 0 aliphatic carbocycles. The third kappa shape index (κ3) is 2.96. The SMILES string of the molecule is Cc1cc(C)n(C2CCN(C(=O)CCn3cncn3)C2)n1. The van der Waals surface area contributed by atoms with E-state index in [2.05, 4.69) is 32.9 Å². The van der Waals surface area contributed by atoms with E-state index in [-0.39, 0.29) is 5.91 Å². The molecule has 1 amide bonds. The number of carbonyl (C=O) groups is 1. The van der Waals surface area contributed by atoms with Crippen LogP contribution in [-0.2, 0) is 11.3 Å². The van der Waals surface area contributed by atoms with E-state index in [9.17, 15) is 4.79 Å². The van der Waals surface area contributed by atoms with E-state index >= 15 is 0 Å². The highest BCUT2D eigenvalue weighted by molar-refractivity contribution is 5.76. The maximum Gasteiger partial charge on any atom is 0.224 e. The van der Waals surface area contributed by atoms with Gasteiger partial charge in [-0.15, -0.1) is 0 Å². The molecule has 0 bridgehead atoms. The number of hydrogen-bond donors (Lipinski definition) is 0. The summed E-state index contributed by atoms with van der Waals surface area (Å²) in [6.45, 7) is 6.20. The van der Waals surface area contributed by atoms with Crippen LogP contribution in [0.1, 0.15) is 30.3 Å². The van der Waals surface area contributed by atoms with E-state index in [1.807, 2.05) is 11.8 Å². The van der Waals surface area contributed by atoms with E-state index in [0.29, 0.717) is 19.0 Å². The van der Waals surface area contributed by atoms with Crippen LogP contribution in [0, 0.1) is 13.8 Å². The Morgan fingerprint density at radius 3 is 2.95 bits per heavy atom. The van der Waals surface area contributed by atoms with Crippen molar-refractivity contribution >= 4 is 5.91 Å². The summed E-state index contributed by atoms with van der Waals surface area (Å²) in [6.07, 6.45) is 4.55. The molecule has 1 aliphatic rings. The van der Waals surface area contributed by atoms with Gasteiger partial charge in [-0.1, -0.05) is 0 Å². The maximum absolute atomic E-state index is 12.2. The van der Waals surface area contributed by atoms with Gasteiger partial charge in [-0.25, -0.2) is 4.98 Å². The molecule has 3 heterocycles. The summed E-state index contributed by atoms with van der Waals surface area (Å²) in [7, 11) is 0. The first-order valence-electron chi connectivity index (χ1n) is 7.26. The van der Waals surface area contributed by atoms with Gasteiger partial charge in [0, 0.05) is 25.2 Å². The molecule has 7 nitrogen and oxygen atoms in total. The predicted octanol–water partition coefficient (Wildman–Crippen LogP) is 0.955. The number of nitrogens with zero attached hydrogens (tertiary/aromatic N) is 6. The van der Waals surface area contributed by atoms with Gasteiger partial charge in [0.1, 0.15) is 12.7 Å². The van der Waals surface area contributed by atoms with Crippen molar-refractivity contribution in [2.24, 2.45) is 0 Å². The van der Waals surface area contributed by atoms with Crippen LogP contribution in [0.4, 0.5) is 0 Å². The molecular weight excluding hydrogens is 268 g/mol. The monoisotopic (exact) mass is 288 g/mol. The van der Waals surface area contributed by atoms with Gasteiger partial charge in [-0.3, -0.25) is 14.2 Å². The van der Waals surface area contributed by atoms with Crippen LogP contribution < -0.4 is 0 Å². The molecule has 2 aromatic heterocycles. The van der Waals surface area contributed by atoms with Crippen LogP contribution in [0.5, 0.6) is 0 Å². The first kappa shape index (κ1) is 13.8. The third-order valence-electron chi connectivity index (χ3n) is 3.93. The van der Waals surface area contributed by atoms with Crippen molar-refractivity contribution in [2.75, 3.05) is 13.1 Å². The summed E-state index contributed by atoms with van der Waals surface area (Å²) in [5, 5.41) is 8.54. The molecule has 21 heavy (non-hydrogen) atoms. The standard InChI is InChI=1S/C14H20N6O/c1-11-7-12(2)20(17-11)13-3-5-18(8-13)14(21)4-6-19-10-15-9-16-19/h7,9-10,13H,3-6,8H2,1-2H3. The summed E-state index contributed by atoms with van der Waals surface area (Å²) in [5.41, 5.74) is 2.19. The minimum Gasteiger partial charge on any atom is -0.340 e. The second kappa shape index (κ2) is 5.67. The second-order valence-electron chi connectivity index (χ2n) is 5.56. The molecule has 1 saturated heterocycles. The average Bonchev–Trinajstić information content (AvgIpc) is 3.16. The van der Waals surface area contributed by atoms with Crippen molar-refractivity contribution in [2.45, 2.75) is 39.3 Å². The first-order valence-corrected chi connectivity index (χ1v) is 7.26. The van der Waals surface area contributed by atoms with Gasteiger partial charge >= 0.3 is 0 Å². The minimum atomic E-state index is 0.175. The summed E-state index contributed by atoms with van der Waals surface area (Å²) in [4.78, 5) is 18.0. The van der Waals surface area contributed by atoms with E-state index in [4.69, 9.17) is 0 Å². The Bertz CT molecular complexity index is 617. The van der Waals surface area contributed by atoms with Crippen LogP contribution in [-0.4, -0.2) is 48.4 Å². The van der Waals surface area contributed by atoms with E-state index in [1.165, 1.54) is 6.33 Å². The van der Waals surface area contributed by atoms with E-state index < -0.39 is 0 Å². The van der Waals surface area contributed by atoms with Crippen molar-refractivity contribution in [3.63, 3.8) is 0 Å². The largest absolute Gasteiger partial charge is 0.340 e. The maximum atomic E-state index is 12.2. The lowest BCUT2D eigenvalue weighted by atomic mass is 10.2. The van der Waals surface area contributed by atoms with Gasteiger partial charge in [0.2, 0.25) is 5.91 Å². The van der Waals surface area contributed by atoms with Crippen LogP contribution in [0.15, 0.2) is 18.7 Å². The number of amides is 1. The topological polar surface area (TPSA) is 68.8 Å². The van der Waals surface area contributed by atoms with Crippen LogP contribution >= 0.6 is 0 Å². The van der Waals surface area contributed by atoms with E-state index in [0.717, 1.165) is 30.9 Å². The molecule has 0 radical (unpaired) electrons. The lowest BCUT2D eigenvalue weighted by Crippen LogP contribution is -2.30. The molecule has 7 heteroatoms. The summed E-state index contributed by atoms with van der Waals surface area (Å²) < 4.78 is 3.74. The molecule has 2 aromatic rings. The Hall–Kier alpha value is -2.18. The fourth-order valence-corrected chi connectivity index (χ4v) is 2.90. The highest BCUT2D eigenvalue weighted by Crippen LogP contribution is 2.23. The first-order chi connectivity index (χ1) is 10.1. The van der Waals surface area contributed by atoms with Crippen LogP contribution in [0.2, 0.25) is 0 Å². The Balaban J connectivity index is 1.56. The fraction of sp³-hybridized carbons (Fsp3) is 0.571. The van der Waals surface area contributed by atoms with Gasteiger partial charge in [-0.2, -0.15) is 10.2 Å². The fourth-order valence-electron chi connectivity index (χ4n) is 2.90. The molecule has 0 aromatic carbocycles. The zero-order valence-corrected chi connectivity index (χ0v) is 12.4. The normalized spacial score (nSPS) is 18.4. The molecule has 0 saturated carbocycles. The van der Waals surface area contributed by atoms with Gasteiger partial charge in [0.25, 0.3) is 0 Å². The number of likely N-dealkylation sites (tertiary alicyclic amines) is 1. The van der Waals surface area contributed by atoms with Gasteiger partial charge in [0.15, 0.2) is 0 Å². The number of aryl methyl sites for hydroxylation is 3. The summed E-state index contributed by atoms with van der Waals surface area (Å²) in [5.74, 6) is 0.175. The minimum absolute atomic E-state index is 0.175. The Kier molecular flexibility index (Phi) is 3.72. The van der Waals surface area contributed by atoms with Crippen molar-refractivity contribution in [1.82, 2.24) is 29.4 Å². The van der Waals surface area contributed by atoms with E-state index in [1.54, 1.807) is 11.0 Å². The zero-order chi connectivity index (χ0) is 14.8. The molecule has 112 valence electrons. The van der Waals surface area contributed by atoms with Crippen molar-refractivity contribution < 1.29 is 4.79 Å². The number of rotatable bonds is 4. The highest BCUT2D eigenvalue weighted by Gasteiger charge is 2.28. The number of carbonyl (C=O) groups excluding carboxylic acids is 1. The quantitative estimate of drug-likeness (QED) is 0.840. The number of hydrogen-bond acceptors (Lipinski definition) is 4. The Morgan fingerprint density at radius 1 is 1.43 bits per heavy atom. The van der Waals surface area contributed by atoms with Gasteiger partial charge < -0.3 is 4.90 Å². The average molecular weight is 288 g/mol. The summed E-state index contributed by atoms with van der Waals surface area (Å²) >= 11 is 0. The predicted molar refractivity (Wildman–Crippen MR) is 76.6 cm³/mol. The second-order valence-corrected chi connectivity index (χ2v) is 5.56. The number of aromatic nitrogens is 5. The smallest absolute Gasteiger partial charge is 0.224 e. The molecule has 0 N–H and O–H groups in total. The van der Waals surface area contributed by atoms with Gasteiger partial charge in [0.05, 0.1) is 18.3 Å². The molecule has 0 spiro atoms. The van der Waals surface area contributed by atoms with Crippen molar-refractivity contribution in [3.05, 3.63) is 30.1 Å². The Labute approximate surface area is 123 Å². The lowest BCUT2D eigenvalue weighted by Gasteiger charge is -2.17. The summed E-state index contributed by atoms with van der Waals surface area (Å²) in [6, 6.07) is 2.38.